The Balaban J connectivity index is 2.74. The third kappa shape index (κ3) is 3.68. The van der Waals surface area contributed by atoms with E-state index in [0.29, 0.717) is 6.61 Å². The monoisotopic (exact) mass is 207 g/mol. The van der Waals surface area contributed by atoms with Crippen LogP contribution in [0.2, 0.25) is 0 Å². The van der Waals surface area contributed by atoms with Gasteiger partial charge in [0, 0.05) is 5.56 Å². The maximum Gasteiger partial charge on any atom is 0.332 e. The lowest BCUT2D eigenvalue weighted by molar-refractivity contribution is 0.249. The van der Waals surface area contributed by atoms with E-state index < -0.39 is 6.03 Å². The Morgan fingerprint density at radius 1 is 1.60 bits per heavy atom. The molecule has 0 atom stereocenters. The number of rotatable bonds is 4. The molecule has 1 aromatic rings. The number of nitrogens with two attached hydrogens (primary N) is 1. The molecule has 2 amide bonds. The van der Waals surface area contributed by atoms with Crippen molar-refractivity contribution in [3.8, 4) is 5.75 Å². The van der Waals surface area contributed by atoms with Crippen LogP contribution in [-0.4, -0.2) is 18.9 Å². The predicted molar refractivity (Wildman–Crippen MR) is 57.9 cm³/mol. The van der Waals surface area contributed by atoms with Crippen molar-refractivity contribution in [2.45, 2.75) is 6.92 Å². The fraction of sp³-hybridized carbons (Fsp3) is 0.200. The van der Waals surface area contributed by atoms with Crippen molar-refractivity contribution in [1.29, 1.82) is 0 Å². The quantitative estimate of drug-likeness (QED) is 0.572. The topological polar surface area (TPSA) is 76.7 Å². The molecule has 0 unspecified atom stereocenters. The Labute approximate surface area is 87.9 Å². The van der Waals surface area contributed by atoms with Gasteiger partial charge in [-0.2, -0.15) is 5.10 Å². The van der Waals surface area contributed by atoms with Crippen molar-refractivity contribution in [3.05, 3.63) is 29.8 Å². The summed E-state index contributed by atoms with van der Waals surface area (Å²) < 4.78 is 5.36. The van der Waals surface area contributed by atoms with Crippen molar-refractivity contribution in [3.63, 3.8) is 0 Å². The van der Waals surface area contributed by atoms with Crippen LogP contribution in [0.1, 0.15) is 12.5 Å². The zero-order valence-electron chi connectivity index (χ0n) is 8.43. The van der Waals surface area contributed by atoms with Crippen LogP contribution in [0.15, 0.2) is 29.4 Å². The molecule has 0 aliphatic carbocycles. The maximum atomic E-state index is 10.4. The van der Waals surface area contributed by atoms with Gasteiger partial charge < -0.3 is 10.5 Å². The van der Waals surface area contributed by atoms with Crippen LogP contribution in [0, 0.1) is 0 Å². The summed E-state index contributed by atoms with van der Waals surface area (Å²) in [7, 11) is 0. The Morgan fingerprint density at radius 2 is 2.33 bits per heavy atom. The Kier molecular flexibility index (Phi) is 4.15. The second-order valence-electron chi connectivity index (χ2n) is 2.71. The standard InChI is InChI=1S/C10H13N3O2/c1-2-15-9-6-4-3-5-8(9)7-12-13-10(11)14/h3-7H,2H2,1H3,(H3,11,13,14)/b12-7-. The summed E-state index contributed by atoms with van der Waals surface area (Å²) in [6.07, 6.45) is 1.48. The van der Waals surface area contributed by atoms with Crippen molar-refractivity contribution < 1.29 is 9.53 Å². The number of carbonyl (C=O) groups is 1. The van der Waals surface area contributed by atoms with Crippen molar-refractivity contribution in [2.75, 3.05) is 6.61 Å². The molecule has 0 aromatic heterocycles. The van der Waals surface area contributed by atoms with Gasteiger partial charge in [0.2, 0.25) is 0 Å². The van der Waals surface area contributed by atoms with E-state index in [-0.39, 0.29) is 0 Å². The average molecular weight is 207 g/mol. The predicted octanol–water partition coefficient (Wildman–Crippen LogP) is 1.09. The molecular weight excluding hydrogens is 194 g/mol. The van der Waals surface area contributed by atoms with E-state index in [4.69, 9.17) is 10.5 Å². The van der Waals surface area contributed by atoms with Crippen LogP contribution in [0.5, 0.6) is 5.75 Å². The first kappa shape index (κ1) is 11.0. The van der Waals surface area contributed by atoms with E-state index in [1.54, 1.807) is 0 Å². The van der Waals surface area contributed by atoms with E-state index in [1.165, 1.54) is 6.21 Å². The highest BCUT2D eigenvalue weighted by Crippen LogP contribution is 2.15. The Morgan fingerprint density at radius 3 is 3.00 bits per heavy atom. The molecule has 0 bridgehead atoms. The summed E-state index contributed by atoms with van der Waals surface area (Å²) in [5.41, 5.74) is 7.76. The van der Waals surface area contributed by atoms with Gasteiger partial charge in [0.1, 0.15) is 5.75 Å². The van der Waals surface area contributed by atoms with Crippen LogP contribution in [0.3, 0.4) is 0 Å². The maximum absolute atomic E-state index is 10.4. The highest BCUT2D eigenvalue weighted by molar-refractivity contribution is 5.84. The second kappa shape index (κ2) is 5.64. The van der Waals surface area contributed by atoms with Gasteiger partial charge in [0.15, 0.2) is 0 Å². The number of hydrazone groups is 1. The van der Waals surface area contributed by atoms with Crippen LogP contribution in [0.4, 0.5) is 4.79 Å². The summed E-state index contributed by atoms with van der Waals surface area (Å²) in [4.78, 5) is 10.4. The van der Waals surface area contributed by atoms with Crippen LogP contribution in [-0.2, 0) is 0 Å². The molecule has 5 nitrogen and oxygen atoms in total. The molecule has 0 radical (unpaired) electrons. The van der Waals surface area contributed by atoms with Gasteiger partial charge >= 0.3 is 6.03 Å². The number of primary amides is 1. The van der Waals surface area contributed by atoms with Crippen molar-refractivity contribution >= 4 is 12.2 Å². The van der Waals surface area contributed by atoms with Gasteiger partial charge in [-0.05, 0) is 19.1 Å². The summed E-state index contributed by atoms with van der Waals surface area (Å²) >= 11 is 0. The first-order valence-corrected chi connectivity index (χ1v) is 4.54. The summed E-state index contributed by atoms with van der Waals surface area (Å²) in [6, 6.07) is 6.68. The van der Waals surface area contributed by atoms with Gasteiger partial charge in [-0.3, -0.25) is 0 Å². The van der Waals surface area contributed by atoms with E-state index in [1.807, 2.05) is 31.2 Å². The molecule has 0 saturated heterocycles. The highest BCUT2D eigenvalue weighted by Gasteiger charge is 1.98. The minimum Gasteiger partial charge on any atom is -0.493 e. The number of ether oxygens (including phenoxy) is 1. The van der Waals surface area contributed by atoms with Crippen LogP contribution < -0.4 is 15.9 Å². The van der Waals surface area contributed by atoms with Crippen LogP contribution in [0.25, 0.3) is 0 Å². The fourth-order valence-corrected chi connectivity index (χ4v) is 1.04. The summed E-state index contributed by atoms with van der Waals surface area (Å²) in [6.45, 7) is 2.48. The molecule has 0 saturated carbocycles. The number of urea groups is 1. The molecule has 5 heteroatoms. The molecule has 3 N–H and O–H groups in total. The van der Waals surface area contributed by atoms with E-state index in [9.17, 15) is 4.79 Å². The molecule has 1 aromatic carbocycles. The van der Waals surface area contributed by atoms with Crippen molar-refractivity contribution in [1.82, 2.24) is 5.43 Å². The largest absolute Gasteiger partial charge is 0.493 e. The van der Waals surface area contributed by atoms with Gasteiger partial charge in [-0.15, -0.1) is 0 Å². The first-order chi connectivity index (χ1) is 7.24. The van der Waals surface area contributed by atoms with Crippen LogP contribution >= 0.6 is 0 Å². The molecule has 0 aliphatic rings. The smallest absolute Gasteiger partial charge is 0.332 e. The van der Waals surface area contributed by atoms with Gasteiger partial charge in [0.25, 0.3) is 0 Å². The molecule has 1 rings (SSSR count). The molecule has 0 spiro atoms. The number of nitrogens with one attached hydrogen (secondary N) is 1. The summed E-state index contributed by atoms with van der Waals surface area (Å²) in [5, 5.41) is 3.65. The van der Waals surface area contributed by atoms with E-state index in [2.05, 4.69) is 10.5 Å². The van der Waals surface area contributed by atoms with E-state index in [0.717, 1.165) is 11.3 Å². The third-order valence-electron chi connectivity index (χ3n) is 1.60. The zero-order chi connectivity index (χ0) is 11.1. The summed E-state index contributed by atoms with van der Waals surface area (Å²) in [5.74, 6) is 0.718. The molecule has 15 heavy (non-hydrogen) atoms. The lowest BCUT2D eigenvalue weighted by Gasteiger charge is -2.05. The molecule has 0 aliphatic heterocycles. The number of hydrogen-bond donors (Lipinski definition) is 2. The molecular formula is C10H13N3O2. The lowest BCUT2D eigenvalue weighted by Crippen LogP contribution is -2.24. The number of amides is 2. The van der Waals surface area contributed by atoms with E-state index >= 15 is 0 Å². The number of para-hydroxylation sites is 1. The number of nitrogens with zero attached hydrogens (tertiary/aromatic N) is 1. The molecule has 80 valence electrons. The molecule has 0 fully saturated rings. The fourth-order valence-electron chi connectivity index (χ4n) is 1.04. The lowest BCUT2D eigenvalue weighted by atomic mass is 10.2. The second-order valence-corrected chi connectivity index (χ2v) is 2.71. The number of carbonyl (C=O) groups excluding carboxylic acids is 1. The minimum absolute atomic E-state index is 0.577. The van der Waals surface area contributed by atoms with Gasteiger partial charge in [0.05, 0.1) is 12.8 Å². The van der Waals surface area contributed by atoms with Gasteiger partial charge in [-0.25, -0.2) is 10.2 Å². The third-order valence-corrected chi connectivity index (χ3v) is 1.60. The number of hydrogen-bond acceptors (Lipinski definition) is 3. The normalized spacial score (nSPS) is 10.2. The van der Waals surface area contributed by atoms with Crippen molar-refractivity contribution in [2.24, 2.45) is 10.8 Å². The highest BCUT2D eigenvalue weighted by atomic mass is 16.5. The Bertz CT molecular complexity index is 363. The minimum atomic E-state index is -0.694. The Hall–Kier alpha value is -2.04. The molecule has 0 heterocycles. The zero-order valence-corrected chi connectivity index (χ0v) is 8.43. The van der Waals surface area contributed by atoms with Gasteiger partial charge in [-0.1, -0.05) is 12.1 Å². The average Bonchev–Trinajstić information content (AvgIpc) is 2.20. The SMILES string of the molecule is CCOc1ccccc1/C=N\NC(N)=O. The number of benzene rings is 1. The first-order valence-electron chi connectivity index (χ1n) is 4.54.